The Kier molecular flexibility index (Phi) is 5.99. The van der Waals surface area contributed by atoms with Gasteiger partial charge in [0.15, 0.2) is 0 Å². The smallest absolute Gasteiger partial charge is 0.303 e. The third-order valence-corrected chi connectivity index (χ3v) is 7.29. The molecule has 4 atom stereocenters. The summed E-state index contributed by atoms with van der Waals surface area (Å²) in [4.78, 5) is 28.5. The average molecular weight is 423 g/mol. The number of carboxylic acids is 1. The number of hydrogen-bond donors (Lipinski definition) is 2. The molecule has 6 heteroatoms. The Morgan fingerprint density at radius 3 is 2.81 bits per heavy atom. The molecule has 0 aliphatic heterocycles. The Morgan fingerprint density at radius 2 is 2.10 bits per heavy atom. The molecule has 1 amide bonds. The van der Waals surface area contributed by atoms with Crippen LogP contribution in [0, 0.1) is 11.8 Å². The molecule has 1 saturated carbocycles. The predicted octanol–water partition coefficient (Wildman–Crippen LogP) is 4.20. The molecule has 0 radical (unpaired) electrons. The van der Waals surface area contributed by atoms with Crippen LogP contribution in [0.1, 0.15) is 66.6 Å². The second-order valence-electron chi connectivity index (χ2n) is 9.04. The van der Waals surface area contributed by atoms with Crippen LogP contribution in [0.4, 0.5) is 0 Å². The Bertz CT molecular complexity index is 961. The number of ether oxygens (including phenoxy) is 1. The lowest BCUT2D eigenvalue weighted by atomic mass is 9.56. The van der Waals surface area contributed by atoms with Crippen molar-refractivity contribution in [2.24, 2.45) is 11.8 Å². The van der Waals surface area contributed by atoms with E-state index in [9.17, 15) is 14.7 Å². The second-order valence-corrected chi connectivity index (χ2v) is 9.04. The molecule has 0 bridgehead atoms. The molecule has 0 unspecified atom stereocenters. The fourth-order valence-corrected chi connectivity index (χ4v) is 5.79. The van der Waals surface area contributed by atoms with Gasteiger partial charge in [-0.1, -0.05) is 12.1 Å². The molecular weight excluding hydrogens is 392 g/mol. The molecule has 0 spiro atoms. The van der Waals surface area contributed by atoms with Crippen LogP contribution < -0.4 is 10.1 Å². The van der Waals surface area contributed by atoms with Crippen molar-refractivity contribution in [1.29, 1.82) is 0 Å². The van der Waals surface area contributed by atoms with Gasteiger partial charge in [-0.25, -0.2) is 0 Å². The van der Waals surface area contributed by atoms with Crippen LogP contribution in [0.5, 0.6) is 5.75 Å². The van der Waals surface area contributed by atoms with Gasteiger partial charge >= 0.3 is 5.97 Å². The lowest BCUT2D eigenvalue weighted by Gasteiger charge is -2.52. The largest absolute Gasteiger partial charge is 0.497 e. The van der Waals surface area contributed by atoms with Gasteiger partial charge in [-0.3, -0.25) is 14.6 Å². The number of aromatic nitrogens is 1. The van der Waals surface area contributed by atoms with Gasteiger partial charge in [0.2, 0.25) is 0 Å². The van der Waals surface area contributed by atoms with Gasteiger partial charge in [-0.05, 0) is 92.2 Å². The van der Waals surface area contributed by atoms with Crippen molar-refractivity contribution >= 4 is 11.9 Å². The van der Waals surface area contributed by atoms with Gasteiger partial charge in [-0.2, -0.15) is 0 Å². The van der Waals surface area contributed by atoms with Gasteiger partial charge in [-0.15, -0.1) is 0 Å². The summed E-state index contributed by atoms with van der Waals surface area (Å²) >= 11 is 0. The molecule has 2 aromatic rings. The average Bonchev–Trinajstić information content (AvgIpc) is 2.78. The fourth-order valence-electron chi connectivity index (χ4n) is 5.79. The first-order chi connectivity index (χ1) is 14.9. The third-order valence-electron chi connectivity index (χ3n) is 7.29. The molecule has 2 aliphatic rings. The summed E-state index contributed by atoms with van der Waals surface area (Å²) in [7, 11) is 1.69. The number of carboxylic acid groups (broad SMARTS) is 1. The molecule has 31 heavy (non-hydrogen) atoms. The molecular formula is C25H30N2O4. The molecule has 1 fully saturated rings. The van der Waals surface area contributed by atoms with Crippen LogP contribution in [0.3, 0.4) is 0 Å². The maximum Gasteiger partial charge on any atom is 0.303 e. The highest BCUT2D eigenvalue weighted by Crippen LogP contribution is 2.53. The number of benzene rings is 1. The lowest BCUT2D eigenvalue weighted by Crippen LogP contribution is -2.57. The third kappa shape index (κ3) is 4.29. The topological polar surface area (TPSA) is 88.5 Å². The van der Waals surface area contributed by atoms with Crippen molar-refractivity contribution in [3.63, 3.8) is 0 Å². The first-order valence-electron chi connectivity index (χ1n) is 11.0. The van der Waals surface area contributed by atoms with Crippen LogP contribution in [0.15, 0.2) is 42.6 Å². The highest BCUT2D eigenvalue weighted by Gasteiger charge is 2.49. The maximum atomic E-state index is 12.9. The van der Waals surface area contributed by atoms with Gasteiger partial charge in [0, 0.05) is 18.2 Å². The van der Waals surface area contributed by atoms with Crippen LogP contribution in [0.2, 0.25) is 0 Å². The highest BCUT2D eigenvalue weighted by atomic mass is 16.5. The van der Waals surface area contributed by atoms with E-state index in [2.05, 4.69) is 29.4 Å². The van der Waals surface area contributed by atoms with Crippen molar-refractivity contribution in [2.45, 2.75) is 56.9 Å². The SMILES string of the molecule is COc1ccc2c(c1)CC[C@@H]1[C@@H]2CC[C@](C)(NC(=O)c2ccccn2)[C@H]1CCC(=O)O. The van der Waals surface area contributed by atoms with Crippen LogP contribution >= 0.6 is 0 Å². The Labute approximate surface area is 183 Å². The van der Waals surface area contributed by atoms with Crippen molar-refractivity contribution < 1.29 is 19.4 Å². The van der Waals surface area contributed by atoms with Crippen molar-refractivity contribution in [2.75, 3.05) is 7.11 Å². The number of carbonyl (C=O) groups is 2. The Hall–Kier alpha value is -2.89. The minimum atomic E-state index is -0.790. The molecule has 2 aliphatic carbocycles. The highest BCUT2D eigenvalue weighted by molar-refractivity contribution is 5.92. The lowest BCUT2D eigenvalue weighted by molar-refractivity contribution is -0.137. The first kappa shape index (κ1) is 21.3. The standard InChI is InChI=1S/C25H30N2O4/c1-25(27-24(30)22-5-3-4-14-26-22)13-12-19-18-9-7-17(31-2)15-16(18)6-8-20(19)21(25)10-11-23(28)29/h3-5,7,9,14-15,19-21H,6,8,10-13H2,1-2H3,(H,27,30)(H,28,29)/t19-,20-,21+,25+/m1/s1. The Balaban J connectivity index is 1.62. The summed E-state index contributed by atoms with van der Waals surface area (Å²) in [5.74, 6) is 0.703. The molecule has 4 rings (SSSR count). The van der Waals surface area contributed by atoms with Gasteiger partial charge < -0.3 is 15.2 Å². The summed E-state index contributed by atoms with van der Waals surface area (Å²) in [6, 6.07) is 11.6. The second kappa shape index (κ2) is 8.69. The van der Waals surface area contributed by atoms with E-state index in [1.807, 2.05) is 6.07 Å². The summed E-state index contributed by atoms with van der Waals surface area (Å²) in [6.45, 7) is 2.08. The van der Waals surface area contributed by atoms with E-state index < -0.39 is 11.5 Å². The molecule has 6 nitrogen and oxygen atoms in total. The number of methoxy groups -OCH3 is 1. The summed E-state index contributed by atoms with van der Waals surface area (Å²) in [5.41, 5.74) is 2.62. The maximum absolute atomic E-state index is 12.9. The zero-order chi connectivity index (χ0) is 22.0. The molecule has 1 aromatic carbocycles. The number of hydrogen-bond acceptors (Lipinski definition) is 4. The number of rotatable bonds is 6. The van der Waals surface area contributed by atoms with Gasteiger partial charge in [0.25, 0.3) is 5.91 Å². The van der Waals surface area contributed by atoms with E-state index in [4.69, 9.17) is 4.74 Å². The molecule has 1 aromatic heterocycles. The number of amides is 1. The summed E-state index contributed by atoms with van der Waals surface area (Å²) < 4.78 is 5.40. The van der Waals surface area contributed by atoms with E-state index in [0.717, 1.165) is 31.4 Å². The van der Waals surface area contributed by atoms with Crippen LogP contribution in [-0.4, -0.2) is 34.6 Å². The monoisotopic (exact) mass is 422 g/mol. The fraction of sp³-hybridized carbons (Fsp3) is 0.480. The minimum absolute atomic E-state index is 0.0882. The van der Waals surface area contributed by atoms with Crippen LogP contribution in [0.25, 0.3) is 0 Å². The van der Waals surface area contributed by atoms with Crippen molar-refractivity contribution in [3.8, 4) is 5.75 Å². The number of carbonyl (C=O) groups excluding carboxylic acids is 1. The number of fused-ring (bicyclic) bond motifs is 3. The van der Waals surface area contributed by atoms with E-state index in [1.54, 1.807) is 31.5 Å². The summed E-state index contributed by atoms with van der Waals surface area (Å²) in [5, 5.41) is 12.6. The predicted molar refractivity (Wildman–Crippen MR) is 117 cm³/mol. The van der Waals surface area contributed by atoms with Crippen molar-refractivity contribution in [1.82, 2.24) is 10.3 Å². The van der Waals surface area contributed by atoms with E-state index in [0.29, 0.717) is 24.0 Å². The zero-order valence-electron chi connectivity index (χ0n) is 18.1. The minimum Gasteiger partial charge on any atom is -0.497 e. The van der Waals surface area contributed by atoms with Gasteiger partial charge in [0.1, 0.15) is 11.4 Å². The quantitative estimate of drug-likeness (QED) is 0.728. The van der Waals surface area contributed by atoms with Crippen LogP contribution in [-0.2, 0) is 11.2 Å². The molecule has 164 valence electrons. The number of nitrogens with zero attached hydrogens (tertiary/aromatic N) is 1. The molecule has 0 saturated heterocycles. The van der Waals surface area contributed by atoms with E-state index >= 15 is 0 Å². The number of aliphatic carboxylic acids is 1. The van der Waals surface area contributed by atoms with Crippen molar-refractivity contribution in [3.05, 3.63) is 59.4 Å². The van der Waals surface area contributed by atoms with E-state index in [1.165, 1.54) is 11.1 Å². The van der Waals surface area contributed by atoms with E-state index in [-0.39, 0.29) is 18.2 Å². The molecule has 2 N–H and O–H groups in total. The zero-order valence-corrected chi connectivity index (χ0v) is 18.1. The van der Waals surface area contributed by atoms with Gasteiger partial charge in [0.05, 0.1) is 7.11 Å². The summed E-state index contributed by atoms with van der Waals surface area (Å²) in [6.07, 6.45) is 5.99. The number of nitrogens with one attached hydrogen (secondary N) is 1. The first-order valence-corrected chi connectivity index (χ1v) is 11.0. The number of pyridine rings is 1. The Morgan fingerprint density at radius 1 is 1.26 bits per heavy atom. The number of aryl methyl sites for hydroxylation is 1. The normalized spacial score (nSPS) is 27.0. The molecule has 1 heterocycles.